The summed E-state index contributed by atoms with van der Waals surface area (Å²) in [5.41, 5.74) is 6.02. The van der Waals surface area contributed by atoms with Crippen molar-refractivity contribution in [3.63, 3.8) is 0 Å². The summed E-state index contributed by atoms with van der Waals surface area (Å²) >= 11 is 6.32. The van der Waals surface area contributed by atoms with Gasteiger partial charge < -0.3 is 10.0 Å². The number of nitrogens with zero attached hydrogens (tertiary/aromatic N) is 2. The largest absolute Gasteiger partial charge is 0.481 e. The minimum atomic E-state index is -0.718. The molecule has 0 atom stereocenters. The molecule has 0 saturated heterocycles. The molecule has 1 aliphatic rings. The fourth-order valence-corrected chi connectivity index (χ4v) is 5.29. The van der Waals surface area contributed by atoms with E-state index in [4.69, 9.17) is 16.7 Å². The first-order chi connectivity index (χ1) is 16.8. The molecule has 2 aromatic carbocycles. The zero-order chi connectivity index (χ0) is 25.0. The van der Waals surface area contributed by atoms with Crippen LogP contribution < -0.4 is 9.47 Å². The van der Waals surface area contributed by atoms with Crippen molar-refractivity contribution in [3.8, 4) is 0 Å². The second-order valence-electron chi connectivity index (χ2n) is 9.63. The van der Waals surface area contributed by atoms with Crippen LogP contribution in [0.25, 0.3) is 17.0 Å². The van der Waals surface area contributed by atoms with Gasteiger partial charge in [-0.1, -0.05) is 49.7 Å². The summed E-state index contributed by atoms with van der Waals surface area (Å²) in [7, 11) is 0. The lowest BCUT2D eigenvalue weighted by atomic mass is 9.83. The van der Waals surface area contributed by atoms with Gasteiger partial charge in [0.15, 0.2) is 6.20 Å². The molecule has 0 spiro atoms. The van der Waals surface area contributed by atoms with Crippen LogP contribution in [0.4, 0.5) is 5.69 Å². The quantitative estimate of drug-likeness (QED) is 0.256. The highest BCUT2D eigenvalue weighted by molar-refractivity contribution is 6.30. The van der Waals surface area contributed by atoms with Crippen LogP contribution in [0, 0.1) is 0 Å². The van der Waals surface area contributed by atoms with E-state index in [-0.39, 0.29) is 11.8 Å². The Bertz CT molecular complexity index is 1290. The Balaban J connectivity index is 1.57. The topological polar surface area (TPSA) is 44.4 Å². The van der Waals surface area contributed by atoms with E-state index < -0.39 is 5.97 Å². The maximum absolute atomic E-state index is 10.7. The number of rotatable bonds is 9. The van der Waals surface area contributed by atoms with E-state index >= 15 is 0 Å². The smallest absolute Gasteiger partial charge is 0.303 e. The van der Waals surface area contributed by atoms with Gasteiger partial charge in [0.25, 0.3) is 0 Å². The molecule has 5 heteroatoms. The Morgan fingerprint density at radius 2 is 1.91 bits per heavy atom. The average molecular weight is 490 g/mol. The summed E-state index contributed by atoms with van der Waals surface area (Å²) in [6, 6.07) is 16.8. The molecule has 0 amide bonds. The molecule has 0 unspecified atom stereocenters. The first kappa shape index (κ1) is 25.0. The number of likely N-dealkylation sites (N-methyl/N-ethyl adjacent to an activating group) is 1. The van der Waals surface area contributed by atoms with Crippen LogP contribution in [0.1, 0.15) is 57.6 Å². The summed E-state index contributed by atoms with van der Waals surface area (Å²) in [4.78, 5) is 13.1. The van der Waals surface area contributed by atoms with E-state index in [1.165, 1.54) is 33.4 Å². The van der Waals surface area contributed by atoms with E-state index in [2.05, 4.69) is 97.1 Å². The molecule has 4 rings (SSSR count). The van der Waals surface area contributed by atoms with Gasteiger partial charge in [0.1, 0.15) is 6.54 Å². The summed E-state index contributed by atoms with van der Waals surface area (Å²) in [6.45, 7) is 8.49. The fourth-order valence-electron chi connectivity index (χ4n) is 5.12. The number of carbonyl (C=O) groups is 1. The van der Waals surface area contributed by atoms with E-state index in [0.717, 1.165) is 37.4 Å². The van der Waals surface area contributed by atoms with Gasteiger partial charge in [0, 0.05) is 53.3 Å². The number of aliphatic carboxylic acids is 1. The lowest BCUT2D eigenvalue weighted by Gasteiger charge is -2.25. The Hall–Kier alpha value is -3.11. The number of aryl methyl sites for hydroxylation is 1. The predicted molar refractivity (Wildman–Crippen MR) is 145 cm³/mol. The van der Waals surface area contributed by atoms with Crippen LogP contribution >= 0.6 is 11.6 Å². The molecule has 1 aromatic heterocycles. The molecule has 1 aliphatic heterocycles. The number of unbranched alkanes of at least 4 members (excludes halogenated alkanes) is 2. The standard InChI is InChI=1S/C30H33ClN2O2/c1-4-33-27-17-16-23(31)21-25(27)30(2,3)28(33)14-10-11-22-18-20-32(19-9-5-6-15-29(34)35)26-13-8-7-12-24(22)26/h7-8,10-14,16-18,20-21H,4-6,9,15,19H2,1-3H3/p+1. The van der Waals surface area contributed by atoms with Gasteiger partial charge in [0.2, 0.25) is 5.52 Å². The number of pyridine rings is 1. The third-order valence-electron chi connectivity index (χ3n) is 6.95. The highest BCUT2D eigenvalue weighted by Gasteiger charge is 2.39. The summed E-state index contributed by atoms with van der Waals surface area (Å²) < 4.78 is 2.27. The van der Waals surface area contributed by atoms with Crippen LogP contribution in [0.3, 0.4) is 0 Å². The molecular formula is C30H34ClN2O2+. The van der Waals surface area contributed by atoms with Crippen molar-refractivity contribution in [3.05, 3.63) is 88.7 Å². The Kier molecular flexibility index (Phi) is 7.61. The maximum atomic E-state index is 10.7. The summed E-state index contributed by atoms with van der Waals surface area (Å²) in [6.07, 6.45) is 11.6. The van der Waals surface area contributed by atoms with Crippen molar-refractivity contribution in [2.75, 3.05) is 11.4 Å². The highest BCUT2D eigenvalue weighted by atomic mass is 35.5. The van der Waals surface area contributed by atoms with Crippen LogP contribution in [-0.2, 0) is 16.8 Å². The molecule has 0 saturated carbocycles. The Morgan fingerprint density at radius 1 is 1.11 bits per heavy atom. The highest BCUT2D eigenvalue weighted by Crippen LogP contribution is 2.48. The molecule has 0 aliphatic carbocycles. The number of carboxylic acid groups (broad SMARTS) is 1. The van der Waals surface area contributed by atoms with Gasteiger partial charge in [0.05, 0.1) is 5.39 Å². The number of anilines is 1. The van der Waals surface area contributed by atoms with Crippen LogP contribution in [0.15, 0.2) is 72.6 Å². The first-order valence-corrected chi connectivity index (χ1v) is 12.8. The number of carboxylic acids is 1. The predicted octanol–water partition coefficient (Wildman–Crippen LogP) is 7.14. The van der Waals surface area contributed by atoms with E-state index in [0.29, 0.717) is 0 Å². The number of para-hydroxylation sites is 1. The molecule has 2 heterocycles. The lowest BCUT2D eigenvalue weighted by molar-refractivity contribution is -0.671. The number of hydrogen-bond acceptors (Lipinski definition) is 2. The third kappa shape index (κ3) is 5.28. The monoisotopic (exact) mass is 489 g/mol. The van der Waals surface area contributed by atoms with Crippen molar-refractivity contribution in [1.82, 2.24) is 0 Å². The van der Waals surface area contributed by atoms with Crippen molar-refractivity contribution < 1.29 is 14.5 Å². The first-order valence-electron chi connectivity index (χ1n) is 12.4. The SMILES string of the molecule is CCN1C(=CC=Cc2cc[n+](CCCCCC(=O)O)c3ccccc23)C(C)(C)c2cc(Cl)ccc21. The molecule has 4 nitrogen and oxygen atoms in total. The molecule has 3 aromatic rings. The summed E-state index contributed by atoms with van der Waals surface area (Å²) in [5, 5.41) is 10.8. The Labute approximate surface area is 213 Å². The van der Waals surface area contributed by atoms with E-state index in [1.807, 2.05) is 6.07 Å². The molecule has 182 valence electrons. The minimum absolute atomic E-state index is 0.122. The van der Waals surface area contributed by atoms with Crippen molar-refractivity contribution in [2.24, 2.45) is 0 Å². The normalized spacial score (nSPS) is 15.9. The van der Waals surface area contributed by atoms with E-state index in [1.54, 1.807) is 0 Å². The summed E-state index contributed by atoms with van der Waals surface area (Å²) in [5.74, 6) is -0.718. The Morgan fingerprint density at radius 3 is 2.69 bits per heavy atom. The second kappa shape index (κ2) is 10.7. The minimum Gasteiger partial charge on any atom is -0.481 e. The molecule has 35 heavy (non-hydrogen) atoms. The van der Waals surface area contributed by atoms with Gasteiger partial charge >= 0.3 is 5.97 Å². The number of halogens is 1. The van der Waals surface area contributed by atoms with Gasteiger partial charge in [-0.25, -0.2) is 0 Å². The zero-order valence-corrected chi connectivity index (χ0v) is 21.6. The molecule has 0 radical (unpaired) electrons. The number of aromatic nitrogens is 1. The second-order valence-corrected chi connectivity index (χ2v) is 10.1. The van der Waals surface area contributed by atoms with Crippen molar-refractivity contribution >= 4 is 40.2 Å². The van der Waals surface area contributed by atoms with Gasteiger partial charge in [-0.3, -0.25) is 4.79 Å². The van der Waals surface area contributed by atoms with Gasteiger partial charge in [-0.15, -0.1) is 0 Å². The maximum Gasteiger partial charge on any atom is 0.303 e. The van der Waals surface area contributed by atoms with Crippen LogP contribution in [0.5, 0.6) is 0 Å². The zero-order valence-electron chi connectivity index (χ0n) is 20.8. The van der Waals surface area contributed by atoms with Crippen LogP contribution in [-0.4, -0.2) is 17.6 Å². The average Bonchev–Trinajstić information content (AvgIpc) is 3.05. The number of hydrogen-bond donors (Lipinski definition) is 1. The van der Waals surface area contributed by atoms with Crippen molar-refractivity contribution in [1.29, 1.82) is 0 Å². The van der Waals surface area contributed by atoms with Gasteiger partial charge in [-0.2, -0.15) is 4.57 Å². The molecular weight excluding hydrogens is 456 g/mol. The molecule has 0 fully saturated rings. The molecule has 0 bridgehead atoms. The van der Waals surface area contributed by atoms with E-state index in [9.17, 15) is 4.79 Å². The fraction of sp³-hybridized carbons (Fsp3) is 0.333. The molecule has 1 N–H and O–H groups in total. The third-order valence-corrected chi connectivity index (χ3v) is 7.18. The van der Waals surface area contributed by atoms with Gasteiger partial charge in [-0.05, 0) is 61.2 Å². The van der Waals surface area contributed by atoms with Crippen LogP contribution in [0.2, 0.25) is 5.02 Å². The van der Waals surface area contributed by atoms with Crippen molar-refractivity contribution in [2.45, 2.75) is 58.4 Å². The number of benzene rings is 2. The number of fused-ring (bicyclic) bond motifs is 2. The lowest BCUT2D eigenvalue weighted by Crippen LogP contribution is -2.34. The number of allylic oxidation sites excluding steroid dienone is 3.